The highest BCUT2D eigenvalue weighted by atomic mass is 32.2. The summed E-state index contributed by atoms with van der Waals surface area (Å²) in [5, 5.41) is 20.1. The van der Waals surface area contributed by atoms with Crippen LogP contribution >= 0.6 is 11.8 Å². The lowest BCUT2D eigenvalue weighted by molar-refractivity contribution is -0.387. The number of hydrogen-bond acceptors (Lipinski definition) is 4. The fourth-order valence-corrected chi connectivity index (χ4v) is 2.67. The first-order valence-corrected chi connectivity index (χ1v) is 6.55. The van der Waals surface area contributed by atoms with Crippen LogP contribution in [0.1, 0.15) is 11.1 Å². The molecular formula is C14H13NO3S. The number of nitrogens with zero attached hydrogens (tertiary/aromatic N) is 1. The van der Waals surface area contributed by atoms with Crippen molar-refractivity contribution >= 4 is 17.4 Å². The van der Waals surface area contributed by atoms with Crippen molar-refractivity contribution in [2.45, 2.75) is 23.3 Å². The van der Waals surface area contributed by atoms with E-state index in [0.717, 1.165) is 10.5 Å². The third-order valence-corrected chi connectivity index (χ3v) is 3.96. The average Bonchev–Trinajstić information content (AvgIpc) is 2.41. The van der Waals surface area contributed by atoms with Gasteiger partial charge in [-0.1, -0.05) is 36.0 Å². The molecule has 5 heteroatoms. The Hall–Kier alpha value is -1.85. The summed E-state index contributed by atoms with van der Waals surface area (Å²) in [4.78, 5) is 12.2. The van der Waals surface area contributed by atoms with Crippen molar-refractivity contribution in [2.75, 3.05) is 0 Å². The average molecular weight is 275 g/mol. The summed E-state index contributed by atoms with van der Waals surface area (Å²) in [6.45, 7) is 1.77. The number of benzene rings is 2. The van der Waals surface area contributed by atoms with Gasteiger partial charge in [0.1, 0.15) is 0 Å². The van der Waals surface area contributed by atoms with Crippen LogP contribution in [0.15, 0.2) is 52.3 Å². The second-order valence-corrected chi connectivity index (χ2v) is 5.17. The van der Waals surface area contributed by atoms with Gasteiger partial charge in [0.25, 0.3) is 5.69 Å². The Morgan fingerprint density at radius 1 is 1.21 bits per heavy atom. The molecule has 0 unspecified atom stereocenters. The standard InChI is InChI=1S/C14H13NO3S/c1-10-4-2-3-5-13(10)19-14-7-6-11(9-16)8-12(14)15(17)18/h2-8,16H,9H2,1H3. The molecule has 19 heavy (non-hydrogen) atoms. The van der Waals surface area contributed by atoms with Crippen molar-refractivity contribution in [2.24, 2.45) is 0 Å². The van der Waals surface area contributed by atoms with Crippen LogP contribution in [0.2, 0.25) is 0 Å². The first-order valence-electron chi connectivity index (χ1n) is 5.73. The van der Waals surface area contributed by atoms with Crippen LogP contribution in [-0.2, 0) is 6.61 Å². The minimum Gasteiger partial charge on any atom is -0.392 e. The molecule has 4 nitrogen and oxygen atoms in total. The molecule has 2 rings (SSSR count). The van der Waals surface area contributed by atoms with Crippen molar-refractivity contribution in [1.29, 1.82) is 0 Å². The summed E-state index contributed by atoms with van der Waals surface area (Å²) in [6.07, 6.45) is 0. The molecule has 2 aromatic carbocycles. The first kappa shape index (κ1) is 13.6. The summed E-state index contributed by atoms with van der Waals surface area (Å²) >= 11 is 1.37. The molecule has 0 aliphatic heterocycles. The summed E-state index contributed by atoms with van der Waals surface area (Å²) in [5.74, 6) is 0. The van der Waals surface area contributed by atoms with E-state index >= 15 is 0 Å². The molecular weight excluding hydrogens is 262 g/mol. The molecule has 0 aliphatic rings. The van der Waals surface area contributed by atoms with E-state index in [-0.39, 0.29) is 12.3 Å². The molecule has 0 aromatic heterocycles. The van der Waals surface area contributed by atoms with Crippen LogP contribution in [0.3, 0.4) is 0 Å². The maximum atomic E-state index is 11.1. The predicted octanol–water partition coefficient (Wildman–Crippen LogP) is 3.55. The lowest BCUT2D eigenvalue weighted by atomic mass is 10.2. The van der Waals surface area contributed by atoms with E-state index in [9.17, 15) is 10.1 Å². The molecule has 0 spiro atoms. The van der Waals surface area contributed by atoms with Crippen LogP contribution in [0.5, 0.6) is 0 Å². The van der Waals surface area contributed by atoms with Crippen molar-refractivity contribution in [3.63, 3.8) is 0 Å². The van der Waals surface area contributed by atoms with Gasteiger partial charge in [0, 0.05) is 11.0 Å². The SMILES string of the molecule is Cc1ccccc1Sc1ccc(CO)cc1[N+](=O)[O-]. The molecule has 0 aliphatic carbocycles. The molecule has 0 heterocycles. The van der Waals surface area contributed by atoms with Crippen LogP contribution in [0.4, 0.5) is 5.69 Å². The Balaban J connectivity index is 2.40. The van der Waals surface area contributed by atoms with Crippen LogP contribution in [-0.4, -0.2) is 10.0 Å². The zero-order valence-corrected chi connectivity index (χ0v) is 11.2. The maximum absolute atomic E-state index is 11.1. The van der Waals surface area contributed by atoms with Crippen molar-refractivity contribution in [3.8, 4) is 0 Å². The molecule has 0 radical (unpaired) electrons. The molecule has 2 aromatic rings. The molecule has 0 saturated carbocycles. The fourth-order valence-electron chi connectivity index (χ4n) is 1.68. The Kier molecular flexibility index (Phi) is 4.19. The number of nitro benzene ring substituents is 1. The Morgan fingerprint density at radius 2 is 1.95 bits per heavy atom. The minimum atomic E-state index is -0.417. The number of aryl methyl sites for hydroxylation is 1. The van der Waals surface area contributed by atoms with Gasteiger partial charge in [-0.2, -0.15) is 0 Å². The number of nitro groups is 1. The summed E-state index contributed by atoms with van der Waals surface area (Å²) in [7, 11) is 0. The highest BCUT2D eigenvalue weighted by molar-refractivity contribution is 7.99. The molecule has 0 amide bonds. The Labute approximate surface area is 115 Å². The van der Waals surface area contributed by atoms with Gasteiger partial charge in [-0.3, -0.25) is 10.1 Å². The normalized spacial score (nSPS) is 10.4. The molecule has 0 atom stereocenters. The second-order valence-electron chi connectivity index (χ2n) is 4.08. The van der Waals surface area contributed by atoms with Gasteiger partial charge in [0.15, 0.2) is 0 Å². The second kappa shape index (κ2) is 5.86. The summed E-state index contributed by atoms with van der Waals surface area (Å²) < 4.78 is 0. The van der Waals surface area contributed by atoms with Gasteiger partial charge < -0.3 is 5.11 Å². The van der Waals surface area contributed by atoms with Crippen LogP contribution in [0, 0.1) is 17.0 Å². The van der Waals surface area contributed by atoms with E-state index in [4.69, 9.17) is 5.11 Å². The number of aliphatic hydroxyl groups is 1. The third-order valence-electron chi connectivity index (χ3n) is 2.72. The van der Waals surface area contributed by atoms with Crippen molar-refractivity contribution in [3.05, 3.63) is 63.7 Å². The zero-order valence-electron chi connectivity index (χ0n) is 10.4. The molecule has 0 fully saturated rings. The quantitative estimate of drug-likeness (QED) is 0.684. The van der Waals surface area contributed by atoms with E-state index in [1.165, 1.54) is 17.8 Å². The largest absolute Gasteiger partial charge is 0.392 e. The number of rotatable bonds is 4. The monoisotopic (exact) mass is 275 g/mol. The van der Waals surface area contributed by atoms with Crippen LogP contribution in [0.25, 0.3) is 0 Å². The van der Waals surface area contributed by atoms with Gasteiger partial charge in [0.05, 0.1) is 16.4 Å². The highest BCUT2D eigenvalue weighted by Crippen LogP contribution is 2.36. The van der Waals surface area contributed by atoms with Crippen LogP contribution < -0.4 is 0 Å². The minimum absolute atomic E-state index is 0.0276. The molecule has 0 bridgehead atoms. The Bertz CT molecular complexity index is 613. The number of hydrogen-bond donors (Lipinski definition) is 1. The Morgan fingerprint density at radius 3 is 2.58 bits per heavy atom. The lowest BCUT2D eigenvalue weighted by Crippen LogP contribution is -1.93. The first-order chi connectivity index (χ1) is 9.11. The van der Waals surface area contributed by atoms with E-state index in [1.54, 1.807) is 12.1 Å². The third kappa shape index (κ3) is 3.13. The van der Waals surface area contributed by atoms with Gasteiger partial charge in [-0.05, 0) is 30.2 Å². The van der Waals surface area contributed by atoms with Gasteiger partial charge in [0.2, 0.25) is 0 Å². The van der Waals surface area contributed by atoms with Crippen molar-refractivity contribution in [1.82, 2.24) is 0 Å². The van der Waals surface area contributed by atoms with E-state index in [1.807, 2.05) is 31.2 Å². The van der Waals surface area contributed by atoms with Gasteiger partial charge in [-0.15, -0.1) is 0 Å². The van der Waals surface area contributed by atoms with E-state index in [2.05, 4.69) is 0 Å². The summed E-state index contributed by atoms with van der Waals surface area (Å²) in [6, 6.07) is 12.5. The summed E-state index contributed by atoms with van der Waals surface area (Å²) in [5.41, 5.74) is 1.65. The molecule has 1 N–H and O–H groups in total. The zero-order chi connectivity index (χ0) is 13.8. The van der Waals surface area contributed by atoms with E-state index in [0.29, 0.717) is 10.5 Å². The van der Waals surface area contributed by atoms with Gasteiger partial charge >= 0.3 is 0 Å². The highest BCUT2D eigenvalue weighted by Gasteiger charge is 2.16. The van der Waals surface area contributed by atoms with E-state index < -0.39 is 4.92 Å². The number of aliphatic hydroxyl groups excluding tert-OH is 1. The molecule has 0 saturated heterocycles. The topological polar surface area (TPSA) is 63.4 Å². The smallest absolute Gasteiger partial charge is 0.283 e. The maximum Gasteiger partial charge on any atom is 0.283 e. The molecule has 98 valence electrons. The fraction of sp³-hybridized carbons (Fsp3) is 0.143. The predicted molar refractivity (Wildman–Crippen MR) is 74.3 cm³/mol. The lowest BCUT2D eigenvalue weighted by Gasteiger charge is -2.06. The van der Waals surface area contributed by atoms with Gasteiger partial charge in [-0.25, -0.2) is 0 Å². The van der Waals surface area contributed by atoms with Crippen molar-refractivity contribution < 1.29 is 10.0 Å².